The number of nitrogens with two attached hydrogens (primary N) is 1. The Morgan fingerprint density at radius 2 is 2.22 bits per heavy atom. The van der Waals surface area contributed by atoms with Gasteiger partial charge in [-0.05, 0) is 25.0 Å². The van der Waals surface area contributed by atoms with E-state index in [2.05, 4.69) is 15.5 Å². The average Bonchev–Trinajstić information content (AvgIpc) is 3.01. The smallest absolute Gasteiger partial charge is 0.232 e. The van der Waals surface area contributed by atoms with Crippen molar-refractivity contribution in [3.8, 4) is 11.4 Å². The number of benzene rings is 1. The number of hydrogen-bond acceptors (Lipinski definition) is 5. The molecule has 1 amide bonds. The van der Waals surface area contributed by atoms with Gasteiger partial charge in [-0.2, -0.15) is 0 Å². The summed E-state index contributed by atoms with van der Waals surface area (Å²) in [5.41, 5.74) is 6.97. The molecule has 1 aliphatic heterocycles. The second-order valence-electron chi connectivity index (χ2n) is 5.90. The number of ether oxygens (including phenoxy) is 1. The second kappa shape index (κ2) is 6.47. The molecule has 0 unspecified atom stereocenters. The normalized spacial score (nSPS) is 17.0. The number of nitrogens with one attached hydrogen (secondary N) is 1. The van der Waals surface area contributed by atoms with E-state index < -0.39 is 5.41 Å². The van der Waals surface area contributed by atoms with Crippen molar-refractivity contribution < 1.29 is 9.53 Å². The predicted octanol–water partition coefficient (Wildman–Crippen LogP) is 1.18. The third-order valence-corrected chi connectivity index (χ3v) is 4.41. The van der Waals surface area contributed by atoms with Crippen LogP contribution in [0.5, 0.6) is 0 Å². The Labute approximate surface area is 134 Å². The van der Waals surface area contributed by atoms with Crippen molar-refractivity contribution in [3.05, 3.63) is 30.6 Å². The lowest BCUT2D eigenvalue weighted by atomic mass is 9.79. The minimum absolute atomic E-state index is 0.0431. The van der Waals surface area contributed by atoms with E-state index in [0.29, 0.717) is 32.6 Å². The predicted molar refractivity (Wildman–Crippen MR) is 86.6 cm³/mol. The molecule has 0 radical (unpaired) electrons. The van der Waals surface area contributed by atoms with E-state index in [1.807, 2.05) is 35.9 Å². The molecule has 7 heteroatoms. The number of anilines is 1. The van der Waals surface area contributed by atoms with Crippen molar-refractivity contribution in [2.45, 2.75) is 12.8 Å². The number of carbonyl (C=O) groups is 1. The molecule has 23 heavy (non-hydrogen) atoms. The molecular formula is C16H21N5O2. The number of aromatic nitrogens is 3. The first-order valence-corrected chi connectivity index (χ1v) is 7.68. The molecule has 1 aliphatic rings. The molecule has 3 rings (SSSR count). The summed E-state index contributed by atoms with van der Waals surface area (Å²) in [5.74, 6) is 0.708. The van der Waals surface area contributed by atoms with Crippen molar-refractivity contribution in [2.75, 3.05) is 25.1 Å². The number of hydrogen-bond donors (Lipinski definition) is 2. The van der Waals surface area contributed by atoms with Crippen LogP contribution in [0.3, 0.4) is 0 Å². The monoisotopic (exact) mass is 315 g/mol. The van der Waals surface area contributed by atoms with Crippen LogP contribution in [0.4, 0.5) is 5.69 Å². The van der Waals surface area contributed by atoms with Crippen LogP contribution in [-0.2, 0) is 16.6 Å². The maximum absolute atomic E-state index is 12.7. The summed E-state index contributed by atoms with van der Waals surface area (Å²) in [6.07, 6.45) is 2.95. The third kappa shape index (κ3) is 3.11. The number of carbonyl (C=O) groups excluding carboxylic acids is 1. The van der Waals surface area contributed by atoms with Crippen LogP contribution in [0.25, 0.3) is 11.4 Å². The Hall–Kier alpha value is -2.25. The SMILES string of the molecule is Cn1cnnc1-c1cccc(NC(=O)C2(CN)CCOCC2)c1. The third-order valence-electron chi connectivity index (χ3n) is 4.41. The van der Waals surface area contributed by atoms with Crippen molar-refractivity contribution in [3.63, 3.8) is 0 Å². The Bertz CT molecular complexity index is 691. The fourth-order valence-electron chi connectivity index (χ4n) is 2.83. The molecule has 1 fully saturated rings. The summed E-state index contributed by atoms with van der Waals surface area (Å²) in [7, 11) is 1.88. The Morgan fingerprint density at radius 3 is 2.87 bits per heavy atom. The van der Waals surface area contributed by atoms with Crippen LogP contribution in [0.2, 0.25) is 0 Å². The van der Waals surface area contributed by atoms with E-state index in [4.69, 9.17) is 10.5 Å². The van der Waals surface area contributed by atoms with E-state index in [0.717, 1.165) is 17.1 Å². The lowest BCUT2D eigenvalue weighted by Crippen LogP contribution is -2.46. The first-order chi connectivity index (χ1) is 11.1. The zero-order valence-corrected chi connectivity index (χ0v) is 13.2. The van der Waals surface area contributed by atoms with Gasteiger partial charge in [0.05, 0.1) is 5.41 Å². The van der Waals surface area contributed by atoms with Crippen LogP contribution in [-0.4, -0.2) is 40.4 Å². The van der Waals surface area contributed by atoms with Gasteiger partial charge in [0.1, 0.15) is 6.33 Å². The second-order valence-corrected chi connectivity index (χ2v) is 5.90. The van der Waals surface area contributed by atoms with Crippen molar-refractivity contribution in [2.24, 2.45) is 18.2 Å². The summed E-state index contributed by atoms with van der Waals surface area (Å²) >= 11 is 0. The fourth-order valence-corrected chi connectivity index (χ4v) is 2.83. The highest BCUT2D eigenvalue weighted by Gasteiger charge is 2.38. The van der Waals surface area contributed by atoms with Gasteiger partial charge in [0.2, 0.25) is 5.91 Å². The lowest BCUT2D eigenvalue weighted by Gasteiger charge is -2.34. The molecule has 0 atom stereocenters. The minimum atomic E-state index is -0.543. The molecule has 1 aromatic heterocycles. The Morgan fingerprint density at radius 1 is 1.43 bits per heavy atom. The van der Waals surface area contributed by atoms with Gasteiger partial charge in [-0.15, -0.1) is 10.2 Å². The van der Waals surface area contributed by atoms with Crippen LogP contribution in [0, 0.1) is 5.41 Å². The number of nitrogens with zero attached hydrogens (tertiary/aromatic N) is 3. The summed E-state index contributed by atoms with van der Waals surface area (Å²) in [4.78, 5) is 12.7. The van der Waals surface area contributed by atoms with Gasteiger partial charge in [-0.3, -0.25) is 4.79 Å². The van der Waals surface area contributed by atoms with Gasteiger partial charge in [-0.1, -0.05) is 12.1 Å². The zero-order valence-electron chi connectivity index (χ0n) is 13.2. The van der Waals surface area contributed by atoms with E-state index in [9.17, 15) is 4.79 Å². The molecular weight excluding hydrogens is 294 g/mol. The quantitative estimate of drug-likeness (QED) is 0.883. The van der Waals surface area contributed by atoms with Gasteiger partial charge in [0.15, 0.2) is 5.82 Å². The molecule has 122 valence electrons. The Kier molecular flexibility index (Phi) is 4.40. The van der Waals surface area contributed by atoms with Crippen LogP contribution in [0.1, 0.15) is 12.8 Å². The largest absolute Gasteiger partial charge is 0.381 e. The maximum Gasteiger partial charge on any atom is 0.232 e. The first-order valence-electron chi connectivity index (χ1n) is 7.68. The number of aryl methyl sites for hydroxylation is 1. The number of rotatable bonds is 4. The first kappa shape index (κ1) is 15.6. The minimum Gasteiger partial charge on any atom is -0.381 e. The van der Waals surface area contributed by atoms with Crippen molar-refractivity contribution in [1.82, 2.24) is 14.8 Å². The molecule has 2 heterocycles. The average molecular weight is 315 g/mol. The maximum atomic E-state index is 12.7. The molecule has 2 aromatic rings. The highest BCUT2D eigenvalue weighted by Crippen LogP contribution is 2.31. The molecule has 3 N–H and O–H groups in total. The van der Waals surface area contributed by atoms with Crippen LogP contribution >= 0.6 is 0 Å². The van der Waals surface area contributed by atoms with E-state index in [1.165, 1.54) is 0 Å². The van der Waals surface area contributed by atoms with E-state index >= 15 is 0 Å². The standard InChI is InChI=1S/C16H21N5O2/c1-21-11-18-20-14(21)12-3-2-4-13(9-12)19-15(22)16(10-17)5-7-23-8-6-16/h2-4,9,11H,5-8,10,17H2,1H3,(H,19,22). The van der Waals surface area contributed by atoms with Gasteiger partial charge in [-0.25, -0.2) is 0 Å². The van der Waals surface area contributed by atoms with E-state index in [1.54, 1.807) is 6.33 Å². The summed E-state index contributed by atoms with van der Waals surface area (Å²) in [6, 6.07) is 7.58. The molecule has 1 saturated heterocycles. The molecule has 1 aromatic carbocycles. The highest BCUT2D eigenvalue weighted by atomic mass is 16.5. The summed E-state index contributed by atoms with van der Waals surface area (Å²) in [6.45, 7) is 1.47. The topological polar surface area (TPSA) is 95.1 Å². The summed E-state index contributed by atoms with van der Waals surface area (Å²) < 4.78 is 7.19. The number of amides is 1. The van der Waals surface area contributed by atoms with Gasteiger partial charge in [0.25, 0.3) is 0 Å². The molecule has 7 nitrogen and oxygen atoms in total. The zero-order chi connectivity index (χ0) is 16.3. The van der Waals surface area contributed by atoms with Gasteiger partial charge < -0.3 is 20.4 Å². The lowest BCUT2D eigenvalue weighted by molar-refractivity contribution is -0.130. The van der Waals surface area contributed by atoms with Crippen molar-refractivity contribution in [1.29, 1.82) is 0 Å². The van der Waals surface area contributed by atoms with Crippen molar-refractivity contribution >= 4 is 11.6 Å². The van der Waals surface area contributed by atoms with Crippen LogP contribution in [0.15, 0.2) is 30.6 Å². The Balaban J connectivity index is 1.80. The fraction of sp³-hybridized carbons (Fsp3) is 0.438. The van der Waals surface area contributed by atoms with Gasteiger partial charge in [0, 0.05) is 38.1 Å². The molecule has 0 aliphatic carbocycles. The molecule has 0 bridgehead atoms. The van der Waals surface area contributed by atoms with Gasteiger partial charge >= 0.3 is 0 Å². The van der Waals surface area contributed by atoms with E-state index in [-0.39, 0.29) is 5.91 Å². The molecule has 0 saturated carbocycles. The highest BCUT2D eigenvalue weighted by molar-refractivity contribution is 5.96. The summed E-state index contributed by atoms with van der Waals surface area (Å²) in [5, 5.41) is 11.0. The van der Waals surface area contributed by atoms with Crippen LogP contribution < -0.4 is 11.1 Å². The molecule has 0 spiro atoms.